The van der Waals surface area contributed by atoms with Crippen LogP contribution in [0.15, 0.2) is 27.6 Å². The van der Waals surface area contributed by atoms with Crippen molar-refractivity contribution in [3.63, 3.8) is 0 Å². The van der Waals surface area contributed by atoms with E-state index in [-0.39, 0.29) is 10.3 Å². The van der Waals surface area contributed by atoms with Crippen LogP contribution in [0.4, 0.5) is 5.69 Å². The van der Waals surface area contributed by atoms with Crippen LogP contribution in [-0.2, 0) is 10.0 Å². The maximum Gasteiger partial charge on any atom is 0.240 e. The summed E-state index contributed by atoms with van der Waals surface area (Å²) in [6.07, 6.45) is 1.07. The van der Waals surface area contributed by atoms with Gasteiger partial charge in [-0.3, -0.25) is 0 Å². The van der Waals surface area contributed by atoms with Crippen molar-refractivity contribution in [3.8, 4) is 0 Å². The van der Waals surface area contributed by atoms with Crippen molar-refractivity contribution in [3.05, 3.63) is 22.7 Å². The van der Waals surface area contributed by atoms with Gasteiger partial charge >= 0.3 is 0 Å². The largest absolute Gasteiger partial charge is 0.398 e. The van der Waals surface area contributed by atoms with Gasteiger partial charge in [0.05, 0.1) is 4.90 Å². The van der Waals surface area contributed by atoms with Gasteiger partial charge in [0, 0.05) is 16.7 Å². The third-order valence-electron chi connectivity index (χ3n) is 3.52. The lowest BCUT2D eigenvalue weighted by Gasteiger charge is -2.09. The molecule has 0 bridgehead atoms. The normalized spacial score (nSPS) is 21.8. The molecule has 1 fully saturated rings. The molecule has 0 spiro atoms. The highest BCUT2D eigenvalue weighted by Crippen LogP contribution is 2.51. The molecular weight excluding hydrogens is 316 g/mol. The summed E-state index contributed by atoms with van der Waals surface area (Å²) in [4.78, 5) is 0.238. The molecule has 1 saturated carbocycles. The van der Waals surface area contributed by atoms with Crippen LogP contribution in [0.1, 0.15) is 20.3 Å². The minimum atomic E-state index is -3.44. The number of sulfonamides is 1. The number of benzene rings is 1. The molecule has 0 saturated heterocycles. The predicted octanol–water partition coefficient (Wildman–Crippen LogP) is 2.36. The number of nitrogens with two attached hydrogens (primary N) is 1. The fourth-order valence-electron chi connectivity index (χ4n) is 1.89. The highest BCUT2D eigenvalue weighted by atomic mass is 79.9. The molecule has 1 aromatic rings. The van der Waals surface area contributed by atoms with Crippen LogP contribution >= 0.6 is 15.9 Å². The van der Waals surface area contributed by atoms with Crippen molar-refractivity contribution >= 4 is 31.6 Å². The minimum absolute atomic E-state index is 0.238. The summed E-state index contributed by atoms with van der Waals surface area (Å²) in [6, 6.07) is 4.62. The van der Waals surface area contributed by atoms with Crippen molar-refractivity contribution in [1.82, 2.24) is 4.72 Å². The number of nitrogen functional groups attached to an aromatic ring is 1. The number of nitrogens with one attached hydrogen (secondary N) is 1. The molecule has 1 aliphatic rings. The van der Waals surface area contributed by atoms with E-state index in [1.165, 1.54) is 12.1 Å². The topological polar surface area (TPSA) is 72.2 Å². The van der Waals surface area contributed by atoms with Crippen molar-refractivity contribution in [2.24, 2.45) is 11.3 Å². The lowest BCUT2D eigenvalue weighted by molar-refractivity contribution is 0.537. The zero-order chi connectivity index (χ0) is 13.6. The number of halogens is 1. The van der Waals surface area contributed by atoms with Crippen LogP contribution < -0.4 is 10.5 Å². The zero-order valence-electron chi connectivity index (χ0n) is 10.4. The molecule has 0 radical (unpaired) electrons. The summed E-state index contributed by atoms with van der Waals surface area (Å²) < 4.78 is 27.4. The third-order valence-corrected chi connectivity index (χ3v) is 5.63. The lowest BCUT2D eigenvalue weighted by Crippen LogP contribution is -2.26. The fraction of sp³-hybridized carbons (Fsp3) is 0.500. The smallest absolute Gasteiger partial charge is 0.240 e. The molecular formula is C12H17BrN2O2S. The quantitative estimate of drug-likeness (QED) is 0.831. The van der Waals surface area contributed by atoms with E-state index in [1.807, 2.05) is 0 Å². The van der Waals surface area contributed by atoms with Crippen LogP contribution in [0, 0.1) is 11.3 Å². The molecule has 0 aromatic heterocycles. The van der Waals surface area contributed by atoms with Crippen LogP contribution in [0.2, 0.25) is 0 Å². The summed E-state index contributed by atoms with van der Waals surface area (Å²) in [5.74, 6) is 0.435. The Morgan fingerprint density at radius 3 is 2.61 bits per heavy atom. The molecule has 1 aliphatic carbocycles. The van der Waals surface area contributed by atoms with E-state index in [2.05, 4.69) is 34.5 Å². The maximum absolute atomic E-state index is 12.1. The van der Waals surface area contributed by atoms with E-state index in [0.717, 1.165) is 6.42 Å². The molecule has 0 amide bonds. The highest BCUT2D eigenvalue weighted by Gasteiger charge is 2.45. The molecule has 0 heterocycles. The molecule has 1 atom stereocenters. The number of hydrogen-bond acceptors (Lipinski definition) is 3. The van der Waals surface area contributed by atoms with Gasteiger partial charge in [0.2, 0.25) is 10.0 Å². The second kappa shape index (κ2) is 4.51. The standard InChI is InChI=1S/C12H17BrN2O2S/c1-12(2)6-8(12)7-15-18(16,17)9-3-4-11(14)10(13)5-9/h3-5,8,15H,6-7,14H2,1-2H3. The van der Waals surface area contributed by atoms with E-state index in [1.54, 1.807) is 6.07 Å². The fourth-order valence-corrected chi connectivity index (χ4v) is 3.53. The molecule has 1 unspecified atom stereocenters. The van der Waals surface area contributed by atoms with Gasteiger partial charge < -0.3 is 5.73 Å². The second-order valence-electron chi connectivity index (χ2n) is 5.42. The highest BCUT2D eigenvalue weighted by molar-refractivity contribution is 9.10. The van der Waals surface area contributed by atoms with Gasteiger partial charge in [0.25, 0.3) is 0 Å². The van der Waals surface area contributed by atoms with E-state index in [0.29, 0.717) is 22.6 Å². The Kier molecular flexibility index (Phi) is 3.46. The molecule has 4 nitrogen and oxygen atoms in total. The summed E-state index contributed by atoms with van der Waals surface area (Å²) in [5.41, 5.74) is 6.43. The van der Waals surface area contributed by atoms with Crippen molar-refractivity contribution in [2.45, 2.75) is 25.2 Å². The monoisotopic (exact) mass is 332 g/mol. The van der Waals surface area contributed by atoms with Gasteiger partial charge in [-0.1, -0.05) is 13.8 Å². The van der Waals surface area contributed by atoms with E-state index >= 15 is 0 Å². The molecule has 3 N–H and O–H groups in total. The van der Waals surface area contributed by atoms with Crippen molar-refractivity contribution < 1.29 is 8.42 Å². The van der Waals surface area contributed by atoms with Crippen LogP contribution in [0.5, 0.6) is 0 Å². The lowest BCUT2D eigenvalue weighted by atomic mass is 10.1. The van der Waals surface area contributed by atoms with E-state index < -0.39 is 10.0 Å². The van der Waals surface area contributed by atoms with Gasteiger partial charge in [-0.25, -0.2) is 13.1 Å². The van der Waals surface area contributed by atoms with Gasteiger partial charge in [-0.05, 0) is 51.9 Å². The van der Waals surface area contributed by atoms with Gasteiger partial charge in [0.15, 0.2) is 0 Å². The van der Waals surface area contributed by atoms with E-state index in [4.69, 9.17) is 5.73 Å². The summed E-state index contributed by atoms with van der Waals surface area (Å²) >= 11 is 3.23. The maximum atomic E-state index is 12.1. The minimum Gasteiger partial charge on any atom is -0.398 e. The Hall–Kier alpha value is -0.590. The predicted molar refractivity (Wildman–Crippen MR) is 75.6 cm³/mol. The third kappa shape index (κ3) is 2.87. The first-order valence-corrected chi connectivity index (χ1v) is 8.05. The Morgan fingerprint density at radius 1 is 1.50 bits per heavy atom. The molecule has 100 valence electrons. The van der Waals surface area contributed by atoms with Crippen LogP contribution in [0.25, 0.3) is 0 Å². The van der Waals surface area contributed by atoms with Crippen LogP contribution in [0.3, 0.4) is 0 Å². The molecule has 18 heavy (non-hydrogen) atoms. The first kappa shape index (κ1) is 13.8. The average molecular weight is 333 g/mol. The molecule has 6 heteroatoms. The summed E-state index contributed by atoms with van der Waals surface area (Å²) in [7, 11) is -3.44. The Labute approximate surface area is 116 Å². The number of rotatable bonds is 4. The van der Waals surface area contributed by atoms with Crippen molar-refractivity contribution in [2.75, 3.05) is 12.3 Å². The average Bonchev–Trinajstić information content (AvgIpc) is 2.88. The second-order valence-corrected chi connectivity index (χ2v) is 8.05. The van der Waals surface area contributed by atoms with Crippen LogP contribution in [-0.4, -0.2) is 15.0 Å². The molecule has 2 rings (SSSR count). The first-order valence-electron chi connectivity index (χ1n) is 5.77. The first-order chi connectivity index (χ1) is 8.22. The number of hydrogen-bond donors (Lipinski definition) is 2. The van der Waals surface area contributed by atoms with Crippen molar-refractivity contribution in [1.29, 1.82) is 0 Å². The van der Waals surface area contributed by atoms with Gasteiger partial charge in [0.1, 0.15) is 0 Å². The Bertz CT molecular complexity index is 569. The Morgan fingerprint density at radius 2 is 2.11 bits per heavy atom. The molecule has 1 aromatic carbocycles. The Balaban J connectivity index is 2.08. The summed E-state index contributed by atoms with van der Waals surface area (Å²) in [5, 5.41) is 0. The summed E-state index contributed by atoms with van der Waals surface area (Å²) in [6.45, 7) is 4.79. The van der Waals surface area contributed by atoms with Gasteiger partial charge in [-0.2, -0.15) is 0 Å². The van der Waals surface area contributed by atoms with E-state index in [9.17, 15) is 8.42 Å². The van der Waals surface area contributed by atoms with Gasteiger partial charge in [-0.15, -0.1) is 0 Å². The zero-order valence-corrected chi connectivity index (χ0v) is 12.8. The SMILES string of the molecule is CC1(C)CC1CNS(=O)(=O)c1ccc(N)c(Br)c1. The number of anilines is 1. The molecule has 0 aliphatic heterocycles.